The van der Waals surface area contributed by atoms with Crippen molar-refractivity contribution in [2.45, 2.75) is 147 Å². The standard InChI is InChI=1S/C34H61N3O2/c1-22(2)19-36-23(3)8-6-9-24-14-27-30-25(10-11-26(37-30)20-35-5)16-34-28(17-32(27,34)15-24)33(39)13-7-12-31(4,21-33)18-29(34)38/h22-30,35-39H,6-21H2,1-5H3/t23-,24-,25-,26+,27-,28-,29-,30+,31-,32+,33+,34-/m0/s1. The molecule has 2 bridgehead atoms. The van der Waals surface area contributed by atoms with E-state index in [1.165, 1.54) is 57.8 Å². The molecule has 5 N–H and O–H groups in total. The zero-order chi connectivity index (χ0) is 27.6. The van der Waals surface area contributed by atoms with Gasteiger partial charge in [-0.2, -0.15) is 0 Å². The van der Waals surface area contributed by atoms with Crippen molar-refractivity contribution >= 4 is 0 Å². The van der Waals surface area contributed by atoms with Gasteiger partial charge in [-0.25, -0.2) is 0 Å². The number of hydrogen-bond donors (Lipinski definition) is 5. The Morgan fingerprint density at radius 2 is 1.87 bits per heavy atom. The van der Waals surface area contributed by atoms with Gasteiger partial charge in [0.2, 0.25) is 0 Å². The summed E-state index contributed by atoms with van der Waals surface area (Å²) in [5.41, 5.74) is -0.290. The Kier molecular flexibility index (Phi) is 7.79. The van der Waals surface area contributed by atoms with Crippen molar-refractivity contribution in [2.24, 2.45) is 45.8 Å². The van der Waals surface area contributed by atoms with Gasteiger partial charge in [0.25, 0.3) is 0 Å². The highest BCUT2D eigenvalue weighted by Gasteiger charge is 2.80. The maximum Gasteiger partial charge on any atom is 0.0687 e. The molecule has 0 amide bonds. The maximum atomic E-state index is 12.3. The van der Waals surface area contributed by atoms with Crippen LogP contribution in [-0.2, 0) is 0 Å². The Balaban J connectivity index is 1.26. The number of likely N-dealkylation sites (N-methyl/N-ethyl adjacent to an activating group) is 1. The molecule has 5 saturated carbocycles. The molecule has 224 valence electrons. The molecule has 2 spiro atoms. The van der Waals surface area contributed by atoms with Crippen LogP contribution in [0.3, 0.4) is 0 Å². The quantitative estimate of drug-likeness (QED) is 0.275. The van der Waals surface area contributed by atoms with Crippen LogP contribution in [0.2, 0.25) is 0 Å². The van der Waals surface area contributed by atoms with E-state index < -0.39 is 5.60 Å². The van der Waals surface area contributed by atoms with Gasteiger partial charge < -0.3 is 26.2 Å². The first kappa shape index (κ1) is 28.9. The van der Waals surface area contributed by atoms with Crippen LogP contribution >= 0.6 is 0 Å². The Hall–Kier alpha value is -0.200. The minimum Gasteiger partial charge on any atom is -0.392 e. The SMILES string of the molecule is CNC[C@H]1CC[C@H]2C[C@@]34[C@@H](O)C[C@]5(C)CCC[C@@](O)(C5)[C@@H]3C[C@@]43C[C@@H](CCC[C@H](C)NCC(C)C)C[C@H]3[C@@H]2N1. The van der Waals surface area contributed by atoms with Gasteiger partial charge in [0.15, 0.2) is 0 Å². The van der Waals surface area contributed by atoms with Gasteiger partial charge in [-0.05, 0) is 132 Å². The van der Waals surface area contributed by atoms with Crippen molar-refractivity contribution in [2.75, 3.05) is 20.1 Å². The Morgan fingerprint density at radius 3 is 2.64 bits per heavy atom. The van der Waals surface area contributed by atoms with Gasteiger partial charge in [-0.15, -0.1) is 0 Å². The molecule has 1 aliphatic heterocycles. The normalized spacial score (nSPS) is 51.2. The van der Waals surface area contributed by atoms with Crippen LogP contribution in [0.1, 0.15) is 118 Å². The number of nitrogens with one attached hydrogen (secondary N) is 3. The summed E-state index contributed by atoms with van der Waals surface area (Å²) in [5, 5.41) is 36.1. The lowest BCUT2D eigenvalue weighted by Crippen LogP contribution is -2.76. The number of aliphatic hydroxyl groups excluding tert-OH is 1. The van der Waals surface area contributed by atoms with E-state index in [1.807, 2.05) is 0 Å². The van der Waals surface area contributed by atoms with E-state index in [1.54, 1.807) is 0 Å². The first-order chi connectivity index (χ1) is 18.5. The van der Waals surface area contributed by atoms with E-state index >= 15 is 0 Å². The first-order valence-electron chi connectivity index (χ1n) is 17.1. The highest BCUT2D eigenvalue weighted by atomic mass is 16.3. The number of hydrogen-bond acceptors (Lipinski definition) is 5. The van der Waals surface area contributed by atoms with Gasteiger partial charge in [-0.3, -0.25) is 0 Å². The Labute approximate surface area is 239 Å². The van der Waals surface area contributed by atoms with Gasteiger partial charge in [0.05, 0.1) is 11.7 Å². The van der Waals surface area contributed by atoms with Crippen molar-refractivity contribution in [3.05, 3.63) is 0 Å². The topological polar surface area (TPSA) is 76.5 Å². The molecule has 0 radical (unpaired) electrons. The van der Waals surface area contributed by atoms with Crippen LogP contribution in [0.25, 0.3) is 0 Å². The lowest BCUT2D eigenvalue weighted by molar-refractivity contribution is -0.305. The second-order valence-corrected chi connectivity index (χ2v) is 16.7. The summed E-state index contributed by atoms with van der Waals surface area (Å²) in [6.45, 7) is 11.5. The molecule has 6 fully saturated rings. The fraction of sp³-hybridized carbons (Fsp3) is 1.00. The van der Waals surface area contributed by atoms with Gasteiger partial charge >= 0.3 is 0 Å². The molecule has 6 aliphatic rings. The molecule has 0 aromatic rings. The molecule has 0 aromatic carbocycles. The van der Waals surface area contributed by atoms with Gasteiger partial charge in [-0.1, -0.05) is 40.0 Å². The summed E-state index contributed by atoms with van der Waals surface area (Å²) >= 11 is 0. The molecule has 12 atom stereocenters. The molecule has 1 heterocycles. The second kappa shape index (κ2) is 10.5. The van der Waals surface area contributed by atoms with Gasteiger partial charge in [0.1, 0.15) is 0 Å². The third-order valence-corrected chi connectivity index (χ3v) is 13.5. The fourth-order valence-electron chi connectivity index (χ4n) is 12.2. The monoisotopic (exact) mass is 543 g/mol. The highest BCUT2D eigenvalue weighted by Crippen LogP contribution is 2.82. The minimum atomic E-state index is -0.556. The Morgan fingerprint density at radius 1 is 1.05 bits per heavy atom. The fourth-order valence-corrected chi connectivity index (χ4v) is 12.2. The van der Waals surface area contributed by atoms with Crippen LogP contribution in [0.15, 0.2) is 0 Å². The summed E-state index contributed by atoms with van der Waals surface area (Å²) in [6, 6.07) is 1.77. The molecule has 0 unspecified atom stereocenters. The zero-order valence-electron chi connectivity index (χ0n) is 25.9. The summed E-state index contributed by atoms with van der Waals surface area (Å²) in [7, 11) is 2.09. The first-order valence-corrected chi connectivity index (χ1v) is 17.1. The van der Waals surface area contributed by atoms with E-state index in [0.717, 1.165) is 51.1 Å². The molecule has 5 nitrogen and oxygen atoms in total. The average molecular weight is 544 g/mol. The van der Waals surface area contributed by atoms with Crippen molar-refractivity contribution in [1.29, 1.82) is 0 Å². The smallest absolute Gasteiger partial charge is 0.0687 e. The number of aliphatic hydroxyl groups is 2. The zero-order valence-corrected chi connectivity index (χ0v) is 25.9. The van der Waals surface area contributed by atoms with Crippen molar-refractivity contribution < 1.29 is 10.2 Å². The van der Waals surface area contributed by atoms with Gasteiger partial charge in [0, 0.05) is 30.1 Å². The molecular weight excluding hydrogens is 482 g/mol. The summed E-state index contributed by atoms with van der Waals surface area (Å²) < 4.78 is 0. The number of piperidine rings is 1. The maximum absolute atomic E-state index is 12.3. The van der Waals surface area contributed by atoms with E-state index in [0.29, 0.717) is 41.8 Å². The summed E-state index contributed by atoms with van der Waals surface area (Å²) in [5.74, 6) is 3.10. The van der Waals surface area contributed by atoms with Crippen LogP contribution in [0.5, 0.6) is 0 Å². The minimum absolute atomic E-state index is 0.0614. The predicted molar refractivity (Wildman–Crippen MR) is 159 cm³/mol. The van der Waals surface area contributed by atoms with Crippen LogP contribution in [0.4, 0.5) is 0 Å². The molecule has 1 saturated heterocycles. The van der Waals surface area contributed by atoms with E-state index in [2.05, 4.69) is 50.7 Å². The molecular formula is C34H61N3O2. The predicted octanol–water partition coefficient (Wildman–Crippen LogP) is 5.25. The summed E-state index contributed by atoms with van der Waals surface area (Å²) in [6.07, 6.45) is 16.3. The molecule has 5 aliphatic carbocycles. The molecule has 5 heteroatoms. The summed E-state index contributed by atoms with van der Waals surface area (Å²) in [4.78, 5) is 0. The van der Waals surface area contributed by atoms with Crippen molar-refractivity contribution in [3.63, 3.8) is 0 Å². The highest BCUT2D eigenvalue weighted by molar-refractivity contribution is 5.29. The van der Waals surface area contributed by atoms with Crippen LogP contribution < -0.4 is 16.0 Å². The van der Waals surface area contributed by atoms with Crippen LogP contribution in [-0.4, -0.2) is 60.2 Å². The average Bonchev–Trinajstić information content (AvgIpc) is 3.25. The van der Waals surface area contributed by atoms with Crippen molar-refractivity contribution in [1.82, 2.24) is 16.0 Å². The molecule has 0 aromatic heterocycles. The van der Waals surface area contributed by atoms with E-state index in [-0.39, 0.29) is 22.3 Å². The van der Waals surface area contributed by atoms with Crippen molar-refractivity contribution in [3.8, 4) is 0 Å². The number of rotatable bonds is 9. The van der Waals surface area contributed by atoms with E-state index in [4.69, 9.17) is 0 Å². The molecule has 6 rings (SSSR count). The molecule has 39 heavy (non-hydrogen) atoms. The second-order valence-electron chi connectivity index (χ2n) is 16.7. The third kappa shape index (κ3) is 4.67. The van der Waals surface area contributed by atoms with Crippen LogP contribution in [0, 0.1) is 45.8 Å². The largest absolute Gasteiger partial charge is 0.392 e. The lowest BCUT2D eigenvalue weighted by atomic mass is 9.31. The van der Waals surface area contributed by atoms with E-state index in [9.17, 15) is 10.2 Å². The Bertz CT molecular complexity index is 883. The third-order valence-electron chi connectivity index (χ3n) is 13.5. The lowest BCUT2D eigenvalue weighted by Gasteiger charge is -2.75. The number of fused-ring (bicyclic) bond motifs is 5.